The predicted octanol–water partition coefficient (Wildman–Crippen LogP) is 3.34. The van der Waals surface area contributed by atoms with Crippen molar-refractivity contribution in [3.8, 4) is 0 Å². The van der Waals surface area contributed by atoms with Crippen molar-refractivity contribution in [2.24, 2.45) is 5.73 Å². The van der Waals surface area contributed by atoms with E-state index >= 15 is 0 Å². The van der Waals surface area contributed by atoms with Crippen LogP contribution in [0.4, 0.5) is 9.59 Å². The molecule has 1 aromatic carbocycles. The molecule has 7 heteroatoms. The van der Waals surface area contributed by atoms with E-state index in [0.717, 1.165) is 5.56 Å². The maximum atomic E-state index is 11.8. The normalized spacial score (nSPS) is 11.6. The third-order valence-corrected chi connectivity index (χ3v) is 3.23. The minimum absolute atomic E-state index is 0.00842. The highest BCUT2D eigenvalue weighted by Crippen LogP contribution is 2.19. The second-order valence-electron chi connectivity index (χ2n) is 7.39. The minimum Gasteiger partial charge on any atom is -0.443 e. The third-order valence-electron chi connectivity index (χ3n) is 3.23. The highest BCUT2D eigenvalue weighted by Gasteiger charge is 2.25. The Bertz CT molecular complexity index is 648. The van der Waals surface area contributed by atoms with E-state index < -0.39 is 23.4 Å². The number of benzene rings is 1. The molecule has 0 aromatic heterocycles. The summed E-state index contributed by atoms with van der Waals surface area (Å²) in [5.74, 6) is 0.00842. The molecule has 0 aliphatic heterocycles. The Labute approximate surface area is 148 Å². The van der Waals surface area contributed by atoms with Crippen molar-refractivity contribution >= 4 is 18.0 Å². The van der Waals surface area contributed by atoms with Crippen molar-refractivity contribution in [3.05, 3.63) is 35.4 Å². The zero-order valence-corrected chi connectivity index (χ0v) is 15.4. The number of nitrogen functional groups attached to an aromatic ring is 1. The molecule has 0 unspecified atom stereocenters. The largest absolute Gasteiger partial charge is 0.443 e. The van der Waals surface area contributed by atoms with Gasteiger partial charge < -0.3 is 15.2 Å². The third kappa shape index (κ3) is 8.19. The Morgan fingerprint density at radius 1 is 1.12 bits per heavy atom. The van der Waals surface area contributed by atoms with Crippen molar-refractivity contribution in [2.45, 2.75) is 58.7 Å². The number of alkyl carbamates (subject to hydrolysis) is 2. The van der Waals surface area contributed by atoms with E-state index in [0.29, 0.717) is 18.4 Å². The molecular weight excluding hydrogens is 322 g/mol. The monoisotopic (exact) mass is 349 g/mol. The van der Waals surface area contributed by atoms with Gasteiger partial charge in [0.15, 0.2) is 0 Å². The number of ether oxygens (including phenoxy) is 2. The number of amidine groups is 1. The summed E-state index contributed by atoms with van der Waals surface area (Å²) in [5, 5.41) is 9.51. The number of hydrogen-bond donors (Lipinski definition) is 3. The lowest BCUT2D eigenvalue weighted by atomic mass is 9.97. The van der Waals surface area contributed by atoms with Gasteiger partial charge in [0.1, 0.15) is 17.0 Å². The fraction of sp³-hybridized carbons (Fsp3) is 0.500. The molecule has 0 atom stereocenters. The quantitative estimate of drug-likeness (QED) is 0.557. The molecule has 0 radical (unpaired) electrons. The van der Waals surface area contributed by atoms with Crippen LogP contribution in [0.25, 0.3) is 0 Å². The van der Waals surface area contributed by atoms with Gasteiger partial charge in [0.25, 0.3) is 0 Å². The van der Waals surface area contributed by atoms with E-state index in [1.165, 1.54) is 0 Å². The topological polar surface area (TPSA) is 114 Å². The van der Waals surface area contributed by atoms with Crippen molar-refractivity contribution in [3.63, 3.8) is 0 Å². The molecular formula is C18H27N3O4. The number of nitrogens with one attached hydrogen (secondary N) is 2. The number of carbonyl (C=O) groups excluding carboxylic acids is 2. The minimum atomic E-state index is -0.850. The van der Waals surface area contributed by atoms with E-state index in [1.54, 1.807) is 40.7 Å². The van der Waals surface area contributed by atoms with E-state index in [2.05, 4.69) is 0 Å². The lowest BCUT2D eigenvalue weighted by molar-refractivity contribution is 0.0238. The molecule has 138 valence electrons. The summed E-state index contributed by atoms with van der Waals surface area (Å²) >= 11 is 0. The maximum absolute atomic E-state index is 11.8. The summed E-state index contributed by atoms with van der Waals surface area (Å²) in [6.07, 6.45) is -0.525. The molecule has 2 amide bonds. The van der Waals surface area contributed by atoms with Crippen LogP contribution < -0.4 is 11.1 Å². The van der Waals surface area contributed by atoms with Crippen LogP contribution in [0.3, 0.4) is 0 Å². The first-order valence-corrected chi connectivity index (χ1v) is 8.04. The summed E-state index contributed by atoms with van der Waals surface area (Å²) in [7, 11) is 0. The average molecular weight is 349 g/mol. The van der Waals surface area contributed by atoms with Gasteiger partial charge >= 0.3 is 12.2 Å². The van der Waals surface area contributed by atoms with Crippen LogP contribution in [0.5, 0.6) is 0 Å². The van der Waals surface area contributed by atoms with Gasteiger partial charge in [-0.3, -0.25) is 5.41 Å². The first-order chi connectivity index (χ1) is 11.4. The van der Waals surface area contributed by atoms with Crippen molar-refractivity contribution in [2.75, 3.05) is 0 Å². The number of hydrogen-bond acceptors (Lipinski definition) is 5. The average Bonchev–Trinajstić information content (AvgIpc) is 2.42. The Kier molecular flexibility index (Phi) is 6.55. The molecule has 0 saturated heterocycles. The standard InChI is InChI=1S/C18H27N3O4/c1-17(2,3)24-15(22)21-16(23)25-18(4,5)10-9-12-7-6-8-13(11-12)14(19)20/h6-8,11H,9-10H2,1-5H3,(H3,19,20)(H,21,22,23). The summed E-state index contributed by atoms with van der Waals surface area (Å²) < 4.78 is 10.3. The molecule has 0 aliphatic carbocycles. The molecule has 25 heavy (non-hydrogen) atoms. The van der Waals surface area contributed by atoms with Crippen molar-refractivity contribution < 1.29 is 19.1 Å². The summed E-state index contributed by atoms with van der Waals surface area (Å²) in [4.78, 5) is 23.4. The van der Waals surface area contributed by atoms with Crippen LogP contribution in [-0.2, 0) is 15.9 Å². The lowest BCUT2D eigenvalue weighted by Crippen LogP contribution is -2.40. The van der Waals surface area contributed by atoms with Gasteiger partial charge in [0.05, 0.1) is 0 Å². The van der Waals surface area contributed by atoms with Crippen molar-refractivity contribution in [1.82, 2.24) is 5.32 Å². The van der Waals surface area contributed by atoms with Gasteiger partial charge in [0, 0.05) is 5.56 Å². The fourth-order valence-corrected chi connectivity index (χ4v) is 2.05. The molecule has 4 N–H and O–H groups in total. The molecule has 7 nitrogen and oxygen atoms in total. The molecule has 0 fully saturated rings. The number of aryl methyl sites for hydroxylation is 1. The maximum Gasteiger partial charge on any atom is 0.417 e. The first-order valence-electron chi connectivity index (χ1n) is 8.04. The molecule has 0 aliphatic rings. The lowest BCUT2D eigenvalue weighted by Gasteiger charge is -2.25. The number of amides is 2. The van der Waals surface area contributed by atoms with Gasteiger partial charge in [-0.2, -0.15) is 0 Å². The molecule has 0 spiro atoms. The Morgan fingerprint density at radius 3 is 2.28 bits per heavy atom. The van der Waals surface area contributed by atoms with Crippen LogP contribution in [0.2, 0.25) is 0 Å². The van der Waals surface area contributed by atoms with E-state index in [9.17, 15) is 9.59 Å². The predicted molar refractivity (Wildman–Crippen MR) is 95.7 cm³/mol. The highest BCUT2D eigenvalue weighted by atomic mass is 16.6. The van der Waals surface area contributed by atoms with Crippen LogP contribution in [-0.4, -0.2) is 29.2 Å². The Morgan fingerprint density at radius 2 is 1.72 bits per heavy atom. The van der Waals surface area contributed by atoms with E-state index in [4.69, 9.17) is 20.6 Å². The molecule has 0 heterocycles. The van der Waals surface area contributed by atoms with Crippen LogP contribution in [0.1, 0.15) is 52.2 Å². The fourth-order valence-electron chi connectivity index (χ4n) is 2.05. The van der Waals surface area contributed by atoms with Crippen LogP contribution in [0.15, 0.2) is 24.3 Å². The first kappa shape index (κ1) is 20.5. The van der Waals surface area contributed by atoms with E-state index in [-0.39, 0.29) is 5.84 Å². The smallest absolute Gasteiger partial charge is 0.417 e. The van der Waals surface area contributed by atoms with Crippen LogP contribution in [0, 0.1) is 5.41 Å². The van der Waals surface area contributed by atoms with Gasteiger partial charge in [0.2, 0.25) is 0 Å². The molecule has 1 rings (SSSR count). The van der Waals surface area contributed by atoms with Crippen LogP contribution >= 0.6 is 0 Å². The molecule has 1 aromatic rings. The summed E-state index contributed by atoms with van der Waals surface area (Å²) in [6.45, 7) is 8.64. The summed E-state index contributed by atoms with van der Waals surface area (Å²) in [6, 6.07) is 7.35. The second kappa shape index (κ2) is 8.00. The zero-order chi connectivity index (χ0) is 19.3. The number of nitrogens with two attached hydrogens (primary N) is 1. The Balaban J connectivity index is 2.55. The highest BCUT2D eigenvalue weighted by molar-refractivity contribution is 5.95. The number of carbonyl (C=O) groups is 2. The SMILES string of the molecule is CC(C)(C)OC(=O)NC(=O)OC(C)(C)CCc1cccc(C(=N)N)c1. The molecule has 0 saturated carbocycles. The van der Waals surface area contributed by atoms with Gasteiger partial charge in [-0.15, -0.1) is 0 Å². The van der Waals surface area contributed by atoms with Gasteiger partial charge in [-0.1, -0.05) is 18.2 Å². The summed E-state index contributed by atoms with van der Waals surface area (Å²) in [5.41, 5.74) is 5.65. The zero-order valence-electron chi connectivity index (χ0n) is 15.4. The second-order valence-corrected chi connectivity index (χ2v) is 7.39. The number of rotatable bonds is 5. The number of imide groups is 1. The van der Waals surface area contributed by atoms with Crippen molar-refractivity contribution in [1.29, 1.82) is 5.41 Å². The molecule has 0 bridgehead atoms. The van der Waals surface area contributed by atoms with Gasteiger partial charge in [-0.05, 0) is 59.1 Å². The van der Waals surface area contributed by atoms with E-state index in [1.807, 2.05) is 23.5 Å². The van der Waals surface area contributed by atoms with Gasteiger partial charge in [-0.25, -0.2) is 14.9 Å². The Hall–Kier alpha value is -2.57.